The quantitative estimate of drug-likeness (QED) is 0.0862. The van der Waals surface area contributed by atoms with E-state index in [1.807, 2.05) is 12.1 Å². The molecule has 6 rings (SSSR count). The third-order valence-corrected chi connectivity index (χ3v) is 10.5. The van der Waals surface area contributed by atoms with E-state index >= 15 is 0 Å². The fraction of sp³-hybridized carbons (Fsp3) is 0.600. The smallest absolute Gasteiger partial charge is 0.186 e. The maximum Gasteiger partial charge on any atom is 0.186 e. The Hall–Kier alpha value is -3.68. The number of nitrogens with zero attached hydrogens (tertiary/aromatic N) is 1. The molecule has 7 nitrogen and oxygen atoms in total. The Morgan fingerprint density at radius 2 is 1.91 bits per heavy atom. The number of allylic oxidation sites excluding steroid dienone is 2. The third kappa shape index (κ3) is 8.62. The van der Waals surface area contributed by atoms with Crippen LogP contribution < -0.4 is 16.2 Å². The summed E-state index contributed by atoms with van der Waals surface area (Å²) in [5.41, 5.74) is 14.6. The third-order valence-electron chi connectivity index (χ3n) is 10.5. The summed E-state index contributed by atoms with van der Waals surface area (Å²) >= 11 is 0. The number of hydrogen-bond acceptors (Lipinski definition) is 5. The SMILES string of the molecule is CCCC=CC(=O)CCc1cc(OC2CCCC2)c(O)c2c1C#CC1CC#CCC(C)CCC2C2CC(C=CC2OC)C1N=C(N)N. The van der Waals surface area contributed by atoms with Gasteiger partial charge in [0.2, 0.25) is 0 Å². The Balaban J connectivity index is 1.74. The minimum absolute atomic E-state index is 0.0314. The number of ether oxygens (including phenoxy) is 2. The molecule has 7 unspecified atom stereocenters. The molecule has 1 fully saturated rings. The van der Waals surface area contributed by atoms with Crippen molar-refractivity contribution in [3.8, 4) is 35.2 Å². The normalized spacial score (nSPS) is 28.7. The summed E-state index contributed by atoms with van der Waals surface area (Å²) in [7, 11) is 1.76. The van der Waals surface area contributed by atoms with Gasteiger partial charge in [0, 0.05) is 43.4 Å². The van der Waals surface area contributed by atoms with E-state index in [1.54, 1.807) is 13.2 Å². The summed E-state index contributed by atoms with van der Waals surface area (Å²) in [5, 5.41) is 12.3. The number of ketones is 1. The molecule has 0 spiro atoms. The van der Waals surface area contributed by atoms with Crippen molar-refractivity contribution in [2.24, 2.45) is 40.1 Å². The van der Waals surface area contributed by atoms with Crippen LogP contribution in [0.25, 0.3) is 0 Å². The van der Waals surface area contributed by atoms with E-state index in [0.29, 0.717) is 30.9 Å². The van der Waals surface area contributed by atoms with Crippen LogP contribution in [0.2, 0.25) is 0 Å². The second-order valence-electron chi connectivity index (χ2n) is 14.0. The molecule has 0 amide bonds. The van der Waals surface area contributed by atoms with Gasteiger partial charge in [-0.05, 0) is 93.2 Å². The summed E-state index contributed by atoms with van der Waals surface area (Å²) in [6, 6.07) is 1.68. The molecule has 0 heterocycles. The summed E-state index contributed by atoms with van der Waals surface area (Å²) in [5.74, 6) is 14.9. The van der Waals surface area contributed by atoms with Gasteiger partial charge in [0.15, 0.2) is 23.2 Å². The van der Waals surface area contributed by atoms with Gasteiger partial charge in [0.05, 0.1) is 24.2 Å². The van der Waals surface area contributed by atoms with E-state index in [1.165, 1.54) is 0 Å². The highest BCUT2D eigenvalue weighted by Crippen LogP contribution is 2.50. The molecule has 252 valence electrons. The Kier molecular flexibility index (Phi) is 12.1. The summed E-state index contributed by atoms with van der Waals surface area (Å²) in [6.45, 7) is 4.35. The average Bonchev–Trinajstić information content (AvgIpc) is 3.57. The Labute approximate surface area is 281 Å². The lowest BCUT2D eigenvalue weighted by molar-refractivity contribution is -0.114. The fourth-order valence-electron chi connectivity index (χ4n) is 7.89. The highest BCUT2D eigenvalue weighted by atomic mass is 16.5. The molecule has 4 bridgehead atoms. The molecule has 5 aliphatic carbocycles. The van der Waals surface area contributed by atoms with Gasteiger partial charge in [0.25, 0.3) is 0 Å². The van der Waals surface area contributed by atoms with Crippen LogP contribution in [-0.4, -0.2) is 42.2 Å². The van der Waals surface area contributed by atoms with Crippen LogP contribution in [0.5, 0.6) is 11.5 Å². The van der Waals surface area contributed by atoms with Gasteiger partial charge in [-0.1, -0.05) is 50.3 Å². The van der Waals surface area contributed by atoms with Gasteiger partial charge in [-0.2, -0.15) is 0 Å². The standard InChI is InChI=1S/C40H53N3O4/c1-4-5-6-13-30(44)20-17-28-25-36(47-31-14-9-10-15-31)39(45)37-32(28)22-18-27-12-8-7-11-26(2)16-21-33(37)34-24-29(19-23-35(34)46-3)38(27)43-40(41)42/h6,13,19,23,25-27,29,31,33-35,38,45H,4-5,9-12,14-17,20-21,24H2,1-3H3,(H4,41,42,43). The number of aromatic hydroxyl groups is 1. The van der Waals surface area contributed by atoms with E-state index < -0.39 is 0 Å². The molecule has 5 N–H and O–H groups in total. The van der Waals surface area contributed by atoms with Crippen LogP contribution in [0.1, 0.15) is 114 Å². The highest BCUT2D eigenvalue weighted by molar-refractivity contribution is 5.89. The van der Waals surface area contributed by atoms with E-state index in [9.17, 15) is 9.90 Å². The molecule has 1 aromatic carbocycles. The Bertz CT molecular complexity index is 1480. The number of unbranched alkanes of at least 4 members (excludes halogenated alkanes) is 1. The molecule has 5 aliphatic rings. The Morgan fingerprint density at radius 3 is 2.66 bits per heavy atom. The topological polar surface area (TPSA) is 120 Å². The number of fused-ring (bicyclic) bond motifs is 5. The lowest BCUT2D eigenvalue weighted by atomic mass is 9.67. The number of phenols is 1. The number of benzene rings is 1. The van der Waals surface area contributed by atoms with E-state index in [-0.39, 0.29) is 59.4 Å². The van der Waals surface area contributed by atoms with Crippen LogP contribution >= 0.6 is 0 Å². The molecule has 0 aromatic heterocycles. The zero-order valence-corrected chi connectivity index (χ0v) is 28.5. The van der Waals surface area contributed by atoms with Crippen molar-refractivity contribution < 1.29 is 19.4 Å². The van der Waals surface area contributed by atoms with Crippen LogP contribution in [-0.2, 0) is 16.0 Å². The number of aryl methyl sites for hydroxylation is 1. The second-order valence-corrected chi connectivity index (χ2v) is 14.0. The maximum atomic E-state index is 13.0. The number of aliphatic imine (C=N–C) groups is 1. The molecule has 0 radical (unpaired) electrons. The highest BCUT2D eigenvalue weighted by Gasteiger charge is 2.41. The number of carbonyl (C=O) groups is 1. The summed E-state index contributed by atoms with van der Waals surface area (Å²) in [4.78, 5) is 17.8. The van der Waals surface area contributed by atoms with E-state index in [0.717, 1.165) is 80.9 Å². The van der Waals surface area contributed by atoms with Gasteiger partial charge in [-0.15, -0.1) is 11.8 Å². The number of hydrogen-bond donors (Lipinski definition) is 3. The van der Waals surface area contributed by atoms with Crippen LogP contribution in [0.15, 0.2) is 35.4 Å². The first-order valence-electron chi connectivity index (χ1n) is 17.8. The molecule has 47 heavy (non-hydrogen) atoms. The van der Waals surface area contributed by atoms with Crippen molar-refractivity contribution in [1.82, 2.24) is 0 Å². The molecule has 7 heteroatoms. The number of guanidine groups is 1. The first-order chi connectivity index (χ1) is 22.8. The number of phenolic OH excluding ortho intramolecular Hbond substituents is 1. The number of nitrogens with two attached hydrogens (primary N) is 2. The van der Waals surface area contributed by atoms with Crippen molar-refractivity contribution in [1.29, 1.82) is 0 Å². The second kappa shape index (κ2) is 16.4. The molecule has 0 aliphatic heterocycles. The van der Waals surface area contributed by atoms with Gasteiger partial charge in [-0.3, -0.25) is 4.79 Å². The number of carbonyl (C=O) groups excluding carboxylic acids is 1. The molecule has 1 saturated carbocycles. The average molecular weight is 640 g/mol. The minimum atomic E-state index is -0.272. The molecular weight excluding hydrogens is 586 g/mol. The summed E-state index contributed by atoms with van der Waals surface area (Å²) < 4.78 is 12.7. The molecule has 1 aromatic rings. The van der Waals surface area contributed by atoms with Crippen molar-refractivity contribution in [2.75, 3.05) is 7.11 Å². The van der Waals surface area contributed by atoms with E-state index in [2.05, 4.69) is 49.7 Å². The van der Waals surface area contributed by atoms with Crippen molar-refractivity contribution in [3.05, 3.63) is 47.1 Å². The predicted molar refractivity (Wildman–Crippen MR) is 188 cm³/mol. The zero-order chi connectivity index (χ0) is 33.3. The summed E-state index contributed by atoms with van der Waals surface area (Å²) in [6.07, 6.45) is 18.7. The first kappa shape index (κ1) is 34.6. The molecule has 0 saturated heterocycles. The van der Waals surface area contributed by atoms with Crippen LogP contribution in [0, 0.1) is 47.4 Å². The monoisotopic (exact) mass is 639 g/mol. The minimum Gasteiger partial charge on any atom is -0.504 e. The van der Waals surface area contributed by atoms with Gasteiger partial charge in [-0.25, -0.2) is 4.99 Å². The van der Waals surface area contributed by atoms with Crippen molar-refractivity contribution in [3.63, 3.8) is 0 Å². The maximum absolute atomic E-state index is 13.0. The zero-order valence-electron chi connectivity index (χ0n) is 28.5. The lowest BCUT2D eigenvalue weighted by Gasteiger charge is -2.40. The van der Waals surface area contributed by atoms with E-state index in [4.69, 9.17) is 25.9 Å². The van der Waals surface area contributed by atoms with Crippen molar-refractivity contribution >= 4 is 11.7 Å². The number of rotatable bonds is 10. The first-order valence-corrected chi connectivity index (χ1v) is 17.8. The molecule has 7 atom stereocenters. The van der Waals surface area contributed by atoms with Crippen molar-refractivity contribution in [2.45, 2.75) is 121 Å². The Morgan fingerprint density at radius 1 is 1.13 bits per heavy atom. The predicted octanol–water partition coefficient (Wildman–Crippen LogP) is 6.70. The van der Waals surface area contributed by atoms with Crippen LogP contribution in [0.4, 0.5) is 0 Å². The van der Waals surface area contributed by atoms with Crippen LogP contribution in [0.3, 0.4) is 0 Å². The number of methoxy groups -OCH3 is 1. The van der Waals surface area contributed by atoms with Gasteiger partial charge < -0.3 is 26.0 Å². The fourth-order valence-corrected chi connectivity index (χ4v) is 7.89. The molecular formula is C40H53N3O4. The van der Waals surface area contributed by atoms with Gasteiger partial charge >= 0.3 is 0 Å². The lowest BCUT2D eigenvalue weighted by Crippen LogP contribution is -2.39. The largest absolute Gasteiger partial charge is 0.504 e. The van der Waals surface area contributed by atoms with Gasteiger partial charge in [0.1, 0.15) is 0 Å².